The van der Waals surface area contributed by atoms with Crippen LogP contribution in [0.4, 0.5) is 0 Å². The van der Waals surface area contributed by atoms with Gasteiger partial charge < -0.3 is 5.32 Å². The summed E-state index contributed by atoms with van der Waals surface area (Å²) in [6, 6.07) is 4.09. The van der Waals surface area contributed by atoms with Crippen molar-refractivity contribution in [3.63, 3.8) is 0 Å². The standard InChI is InChI=1S/C12H14BrN3OS/c1-2-16-8-9(7-15-16)12(17)14-6-5-10-3-4-11(13)18-10/h3-4,7-8H,2,5-6H2,1H3,(H,14,17). The topological polar surface area (TPSA) is 46.9 Å². The fraction of sp³-hybridized carbons (Fsp3) is 0.333. The van der Waals surface area contributed by atoms with Crippen LogP contribution in [0.25, 0.3) is 0 Å². The quantitative estimate of drug-likeness (QED) is 0.917. The molecule has 18 heavy (non-hydrogen) atoms. The number of nitrogens with one attached hydrogen (secondary N) is 1. The van der Waals surface area contributed by atoms with Crippen molar-refractivity contribution in [1.82, 2.24) is 15.1 Å². The van der Waals surface area contributed by atoms with Crippen LogP contribution < -0.4 is 5.32 Å². The molecule has 0 spiro atoms. The lowest BCUT2D eigenvalue weighted by Crippen LogP contribution is -2.25. The van der Waals surface area contributed by atoms with E-state index in [2.05, 4.69) is 32.4 Å². The lowest BCUT2D eigenvalue weighted by molar-refractivity contribution is 0.0954. The zero-order valence-corrected chi connectivity index (χ0v) is 12.4. The fourth-order valence-electron chi connectivity index (χ4n) is 1.54. The summed E-state index contributed by atoms with van der Waals surface area (Å²) in [5, 5.41) is 6.97. The third-order valence-corrected chi connectivity index (χ3v) is 4.19. The van der Waals surface area contributed by atoms with Gasteiger partial charge in [0.2, 0.25) is 0 Å². The monoisotopic (exact) mass is 327 g/mol. The Morgan fingerprint density at radius 2 is 2.39 bits per heavy atom. The van der Waals surface area contributed by atoms with Crippen LogP contribution in [-0.4, -0.2) is 22.2 Å². The minimum absolute atomic E-state index is 0.0645. The van der Waals surface area contributed by atoms with Gasteiger partial charge in [-0.25, -0.2) is 0 Å². The third kappa shape index (κ3) is 3.43. The molecule has 0 aromatic carbocycles. The second kappa shape index (κ2) is 6.15. The molecule has 0 atom stereocenters. The second-order valence-corrected chi connectivity index (χ2v) is 6.34. The molecule has 2 rings (SSSR count). The molecule has 2 heterocycles. The summed E-state index contributed by atoms with van der Waals surface area (Å²) in [5.41, 5.74) is 0.615. The Bertz CT molecular complexity index is 535. The van der Waals surface area contributed by atoms with Crippen LogP contribution >= 0.6 is 27.3 Å². The molecule has 0 unspecified atom stereocenters. The molecule has 2 aromatic heterocycles. The smallest absolute Gasteiger partial charge is 0.254 e. The Kier molecular flexibility index (Phi) is 4.54. The zero-order valence-electron chi connectivity index (χ0n) is 10.0. The van der Waals surface area contributed by atoms with E-state index in [9.17, 15) is 4.79 Å². The number of nitrogens with zero attached hydrogens (tertiary/aromatic N) is 2. The van der Waals surface area contributed by atoms with Crippen LogP contribution in [0, 0.1) is 0 Å². The van der Waals surface area contributed by atoms with E-state index in [-0.39, 0.29) is 5.91 Å². The van der Waals surface area contributed by atoms with Crippen molar-refractivity contribution in [1.29, 1.82) is 0 Å². The summed E-state index contributed by atoms with van der Waals surface area (Å²) in [7, 11) is 0. The van der Waals surface area contributed by atoms with Gasteiger partial charge in [-0.1, -0.05) is 0 Å². The molecule has 2 aromatic rings. The van der Waals surface area contributed by atoms with E-state index in [4.69, 9.17) is 0 Å². The predicted octanol–water partition coefficient (Wildman–Crippen LogP) is 2.70. The average molecular weight is 328 g/mol. The molecule has 4 nitrogen and oxygen atoms in total. The number of aromatic nitrogens is 2. The summed E-state index contributed by atoms with van der Waals surface area (Å²) in [4.78, 5) is 13.1. The van der Waals surface area contributed by atoms with Crippen LogP contribution in [0.1, 0.15) is 22.2 Å². The lowest BCUT2D eigenvalue weighted by Gasteiger charge is -2.01. The highest BCUT2D eigenvalue weighted by atomic mass is 79.9. The molecule has 96 valence electrons. The Hall–Kier alpha value is -1.14. The maximum absolute atomic E-state index is 11.8. The van der Waals surface area contributed by atoms with Gasteiger partial charge in [0, 0.05) is 24.2 Å². The van der Waals surface area contributed by atoms with Gasteiger partial charge in [-0.3, -0.25) is 9.48 Å². The summed E-state index contributed by atoms with van der Waals surface area (Å²) in [6.07, 6.45) is 4.21. The van der Waals surface area contributed by atoms with Crippen LogP contribution in [-0.2, 0) is 13.0 Å². The van der Waals surface area contributed by atoms with Gasteiger partial charge in [0.1, 0.15) is 0 Å². The van der Waals surface area contributed by atoms with E-state index in [1.165, 1.54) is 4.88 Å². The molecular formula is C12H14BrN3OS. The third-order valence-electron chi connectivity index (χ3n) is 2.51. The number of amides is 1. The Labute approximate surface area is 118 Å². The lowest BCUT2D eigenvalue weighted by atomic mass is 10.3. The van der Waals surface area contributed by atoms with Crippen LogP contribution in [0.5, 0.6) is 0 Å². The number of halogens is 1. The molecule has 0 bridgehead atoms. The minimum Gasteiger partial charge on any atom is -0.352 e. The van der Waals surface area contributed by atoms with Gasteiger partial charge in [-0.05, 0) is 41.4 Å². The Morgan fingerprint density at radius 3 is 3.00 bits per heavy atom. The van der Waals surface area contributed by atoms with Gasteiger partial charge in [0.25, 0.3) is 5.91 Å². The van der Waals surface area contributed by atoms with Crippen molar-refractivity contribution < 1.29 is 4.79 Å². The molecule has 0 saturated carbocycles. The number of aryl methyl sites for hydroxylation is 1. The summed E-state index contributed by atoms with van der Waals surface area (Å²) >= 11 is 5.11. The van der Waals surface area contributed by atoms with Crippen molar-refractivity contribution in [2.75, 3.05) is 6.54 Å². The Morgan fingerprint density at radius 1 is 1.56 bits per heavy atom. The molecule has 0 saturated heterocycles. The molecular weight excluding hydrogens is 314 g/mol. The minimum atomic E-state index is -0.0645. The first-order valence-electron chi connectivity index (χ1n) is 5.74. The van der Waals surface area contributed by atoms with E-state index in [0.717, 1.165) is 16.8 Å². The maximum atomic E-state index is 11.8. The van der Waals surface area contributed by atoms with E-state index in [0.29, 0.717) is 12.1 Å². The second-order valence-electron chi connectivity index (χ2n) is 3.80. The zero-order chi connectivity index (χ0) is 13.0. The highest BCUT2D eigenvalue weighted by Gasteiger charge is 2.07. The molecule has 1 amide bonds. The van der Waals surface area contributed by atoms with E-state index in [1.54, 1.807) is 28.4 Å². The van der Waals surface area contributed by atoms with Crippen molar-refractivity contribution in [3.8, 4) is 0 Å². The Balaban J connectivity index is 1.81. The molecule has 1 N–H and O–H groups in total. The largest absolute Gasteiger partial charge is 0.352 e. The molecule has 0 aliphatic carbocycles. The van der Waals surface area contributed by atoms with Gasteiger partial charge in [0.15, 0.2) is 0 Å². The highest BCUT2D eigenvalue weighted by molar-refractivity contribution is 9.11. The SMILES string of the molecule is CCn1cc(C(=O)NCCc2ccc(Br)s2)cn1. The average Bonchev–Trinajstić information content (AvgIpc) is 2.98. The first-order chi connectivity index (χ1) is 8.69. The number of carbonyl (C=O) groups excluding carboxylic acids is 1. The van der Waals surface area contributed by atoms with Crippen LogP contribution in [0.2, 0.25) is 0 Å². The van der Waals surface area contributed by atoms with E-state index in [1.807, 2.05) is 13.0 Å². The van der Waals surface area contributed by atoms with Crippen molar-refractivity contribution >= 4 is 33.2 Å². The predicted molar refractivity (Wildman–Crippen MR) is 76.0 cm³/mol. The first kappa shape index (κ1) is 13.3. The molecule has 0 aliphatic heterocycles. The highest BCUT2D eigenvalue weighted by Crippen LogP contribution is 2.22. The molecule has 6 heteroatoms. The molecule has 0 fully saturated rings. The molecule has 0 radical (unpaired) electrons. The number of carbonyl (C=O) groups is 1. The van der Waals surface area contributed by atoms with Gasteiger partial charge in [0.05, 0.1) is 15.5 Å². The van der Waals surface area contributed by atoms with Crippen molar-refractivity contribution in [2.45, 2.75) is 19.9 Å². The van der Waals surface area contributed by atoms with Crippen LogP contribution in [0.15, 0.2) is 28.3 Å². The normalized spacial score (nSPS) is 10.6. The van der Waals surface area contributed by atoms with E-state index < -0.39 is 0 Å². The van der Waals surface area contributed by atoms with Crippen molar-refractivity contribution in [3.05, 3.63) is 38.8 Å². The maximum Gasteiger partial charge on any atom is 0.254 e. The number of thiophene rings is 1. The van der Waals surface area contributed by atoms with Crippen LogP contribution in [0.3, 0.4) is 0 Å². The van der Waals surface area contributed by atoms with Crippen molar-refractivity contribution in [2.24, 2.45) is 0 Å². The summed E-state index contributed by atoms with van der Waals surface area (Å²) in [6.45, 7) is 3.41. The van der Waals surface area contributed by atoms with Gasteiger partial charge in [-0.2, -0.15) is 5.10 Å². The van der Waals surface area contributed by atoms with E-state index >= 15 is 0 Å². The number of rotatable bonds is 5. The number of hydrogen-bond acceptors (Lipinski definition) is 3. The first-order valence-corrected chi connectivity index (χ1v) is 7.35. The van der Waals surface area contributed by atoms with Gasteiger partial charge >= 0.3 is 0 Å². The fourth-order valence-corrected chi connectivity index (χ4v) is 3.02. The molecule has 0 aliphatic rings. The summed E-state index contributed by atoms with van der Waals surface area (Å²) < 4.78 is 2.86. The summed E-state index contributed by atoms with van der Waals surface area (Å²) in [5.74, 6) is -0.0645. The van der Waals surface area contributed by atoms with Gasteiger partial charge in [-0.15, -0.1) is 11.3 Å². The number of hydrogen-bond donors (Lipinski definition) is 1.